The van der Waals surface area contributed by atoms with Crippen molar-refractivity contribution in [2.24, 2.45) is 0 Å². The lowest BCUT2D eigenvalue weighted by molar-refractivity contribution is 0.556. The van der Waals surface area contributed by atoms with Gasteiger partial charge in [-0.15, -0.1) is 22.7 Å². The summed E-state index contributed by atoms with van der Waals surface area (Å²) in [5.74, 6) is 0. The average Bonchev–Trinajstić information content (AvgIpc) is 2.99. The van der Waals surface area contributed by atoms with Crippen molar-refractivity contribution >= 4 is 22.7 Å². The number of aromatic nitrogens is 1. The second-order valence-electron chi connectivity index (χ2n) is 5.85. The van der Waals surface area contributed by atoms with Crippen LogP contribution in [0.15, 0.2) is 11.4 Å². The molecule has 1 aliphatic carbocycles. The lowest BCUT2D eigenvalue weighted by Crippen LogP contribution is -2.22. The molecule has 2 heterocycles. The molecule has 21 heavy (non-hydrogen) atoms. The Labute approximate surface area is 135 Å². The van der Waals surface area contributed by atoms with E-state index in [0.29, 0.717) is 6.04 Å². The summed E-state index contributed by atoms with van der Waals surface area (Å²) in [7, 11) is 0. The summed E-state index contributed by atoms with van der Waals surface area (Å²) in [5, 5.41) is 7.07. The molecule has 2 aromatic rings. The molecular formula is C17H24N2S2. The molecule has 0 aromatic carbocycles. The number of hydrogen-bond acceptors (Lipinski definition) is 4. The van der Waals surface area contributed by atoms with Crippen LogP contribution in [-0.4, -0.2) is 11.5 Å². The fraction of sp³-hybridized carbons (Fsp3) is 0.588. The monoisotopic (exact) mass is 320 g/mol. The zero-order chi connectivity index (χ0) is 14.7. The molecule has 0 bridgehead atoms. The molecule has 0 aliphatic heterocycles. The minimum atomic E-state index is 0.428. The van der Waals surface area contributed by atoms with Crippen molar-refractivity contribution in [1.82, 2.24) is 10.3 Å². The van der Waals surface area contributed by atoms with E-state index in [-0.39, 0.29) is 0 Å². The van der Waals surface area contributed by atoms with Gasteiger partial charge in [-0.1, -0.05) is 13.3 Å². The summed E-state index contributed by atoms with van der Waals surface area (Å²) in [6.45, 7) is 5.28. The molecule has 0 fully saturated rings. The lowest BCUT2D eigenvalue weighted by atomic mass is 10.1. The van der Waals surface area contributed by atoms with Crippen molar-refractivity contribution < 1.29 is 0 Å². The first-order chi connectivity index (χ1) is 10.3. The molecule has 2 aromatic heterocycles. The fourth-order valence-corrected chi connectivity index (χ4v) is 5.20. The van der Waals surface area contributed by atoms with Crippen LogP contribution in [0.1, 0.15) is 58.2 Å². The Bertz CT molecular complexity index is 562. The van der Waals surface area contributed by atoms with E-state index < -0.39 is 0 Å². The minimum absolute atomic E-state index is 0.428. The molecule has 0 saturated heterocycles. The van der Waals surface area contributed by atoms with Gasteiger partial charge in [0, 0.05) is 33.3 Å². The Balaban J connectivity index is 1.80. The van der Waals surface area contributed by atoms with Crippen LogP contribution in [0, 0.1) is 6.92 Å². The maximum atomic E-state index is 4.64. The fourth-order valence-electron chi connectivity index (χ4n) is 3.05. The molecule has 0 spiro atoms. The van der Waals surface area contributed by atoms with Crippen LogP contribution >= 0.6 is 22.7 Å². The maximum absolute atomic E-state index is 4.64. The highest BCUT2D eigenvalue weighted by atomic mass is 32.1. The van der Waals surface area contributed by atoms with Gasteiger partial charge >= 0.3 is 0 Å². The van der Waals surface area contributed by atoms with Gasteiger partial charge in [0.05, 0.1) is 5.01 Å². The number of nitrogens with one attached hydrogen (secondary N) is 1. The van der Waals surface area contributed by atoms with Gasteiger partial charge in [-0.3, -0.25) is 0 Å². The first-order valence-electron chi connectivity index (χ1n) is 8.02. The van der Waals surface area contributed by atoms with Crippen LogP contribution in [0.4, 0.5) is 0 Å². The van der Waals surface area contributed by atoms with Crippen molar-refractivity contribution in [3.8, 4) is 0 Å². The van der Waals surface area contributed by atoms with E-state index in [9.17, 15) is 0 Å². The Hall–Kier alpha value is -0.710. The van der Waals surface area contributed by atoms with Gasteiger partial charge < -0.3 is 5.32 Å². The Kier molecular flexibility index (Phi) is 5.09. The second kappa shape index (κ2) is 7.03. The van der Waals surface area contributed by atoms with Crippen LogP contribution in [0.2, 0.25) is 0 Å². The zero-order valence-corrected chi connectivity index (χ0v) is 14.6. The highest BCUT2D eigenvalue weighted by Crippen LogP contribution is 2.33. The molecule has 1 unspecified atom stereocenters. The van der Waals surface area contributed by atoms with Crippen molar-refractivity contribution in [3.05, 3.63) is 37.5 Å². The molecule has 0 amide bonds. The molecular weight excluding hydrogens is 296 g/mol. The van der Waals surface area contributed by atoms with Gasteiger partial charge in [0.25, 0.3) is 0 Å². The Morgan fingerprint density at radius 3 is 2.90 bits per heavy atom. The standard InChI is InChI=1S/C17H24N2S2/c1-3-18-14(10-17-19-12(2)11-20-17)16-9-13-7-5-4-6-8-15(13)21-16/h9,11,14,18H,3-8,10H2,1-2H3. The van der Waals surface area contributed by atoms with E-state index in [1.165, 1.54) is 42.0 Å². The summed E-state index contributed by atoms with van der Waals surface area (Å²) in [5.41, 5.74) is 2.76. The van der Waals surface area contributed by atoms with Crippen LogP contribution in [0.3, 0.4) is 0 Å². The lowest BCUT2D eigenvalue weighted by Gasteiger charge is -2.15. The van der Waals surface area contributed by atoms with E-state index in [2.05, 4.69) is 35.6 Å². The number of thiazole rings is 1. The molecule has 0 saturated carbocycles. The summed E-state index contributed by atoms with van der Waals surface area (Å²) < 4.78 is 0. The summed E-state index contributed by atoms with van der Waals surface area (Å²) >= 11 is 3.83. The Morgan fingerprint density at radius 2 is 2.14 bits per heavy atom. The molecule has 1 atom stereocenters. The normalized spacial score (nSPS) is 16.5. The van der Waals surface area contributed by atoms with Gasteiger partial charge in [0.1, 0.15) is 0 Å². The number of hydrogen-bond donors (Lipinski definition) is 1. The van der Waals surface area contributed by atoms with E-state index in [1.807, 2.05) is 11.3 Å². The highest BCUT2D eigenvalue weighted by Gasteiger charge is 2.19. The third kappa shape index (κ3) is 3.74. The van der Waals surface area contributed by atoms with Crippen molar-refractivity contribution in [3.63, 3.8) is 0 Å². The van der Waals surface area contributed by atoms with Gasteiger partial charge in [0.2, 0.25) is 0 Å². The van der Waals surface area contributed by atoms with Crippen molar-refractivity contribution in [2.75, 3.05) is 6.54 Å². The van der Waals surface area contributed by atoms with Gasteiger partial charge in [-0.2, -0.15) is 0 Å². The summed E-state index contributed by atoms with van der Waals surface area (Å²) in [4.78, 5) is 7.79. The van der Waals surface area contributed by atoms with Crippen LogP contribution < -0.4 is 5.32 Å². The smallest absolute Gasteiger partial charge is 0.0947 e. The van der Waals surface area contributed by atoms with E-state index in [4.69, 9.17) is 0 Å². The van der Waals surface area contributed by atoms with E-state index in [0.717, 1.165) is 18.7 Å². The molecule has 1 N–H and O–H groups in total. The third-order valence-corrected chi connectivity index (χ3v) is 6.44. The predicted molar refractivity (Wildman–Crippen MR) is 92.6 cm³/mol. The summed E-state index contributed by atoms with van der Waals surface area (Å²) in [6, 6.07) is 2.90. The molecule has 2 nitrogen and oxygen atoms in total. The van der Waals surface area contributed by atoms with Crippen LogP contribution in [0.5, 0.6) is 0 Å². The highest BCUT2D eigenvalue weighted by molar-refractivity contribution is 7.12. The molecule has 3 rings (SSSR count). The first-order valence-corrected chi connectivity index (χ1v) is 9.71. The van der Waals surface area contributed by atoms with Crippen LogP contribution in [-0.2, 0) is 19.3 Å². The van der Waals surface area contributed by atoms with Crippen LogP contribution in [0.25, 0.3) is 0 Å². The number of fused-ring (bicyclic) bond motifs is 1. The Morgan fingerprint density at radius 1 is 1.29 bits per heavy atom. The molecule has 4 heteroatoms. The number of nitrogens with zero attached hydrogens (tertiary/aromatic N) is 1. The number of thiophene rings is 1. The largest absolute Gasteiger partial charge is 0.309 e. The minimum Gasteiger partial charge on any atom is -0.309 e. The van der Waals surface area contributed by atoms with Crippen molar-refractivity contribution in [2.45, 2.75) is 58.4 Å². The topological polar surface area (TPSA) is 24.9 Å². The molecule has 0 radical (unpaired) electrons. The van der Waals surface area contributed by atoms with E-state index in [1.54, 1.807) is 21.8 Å². The average molecular weight is 321 g/mol. The van der Waals surface area contributed by atoms with Gasteiger partial charge in [-0.05, 0) is 50.8 Å². The van der Waals surface area contributed by atoms with E-state index >= 15 is 0 Å². The van der Waals surface area contributed by atoms with Gasteiger partial charge in [0.15, 0.2) is 0 Å². The maximum Gasteiger partial charge on any atom is 0.0947 e. The second-order valence-corrected chi connectivity index (χ2v) is 7.97. The number of aryl methyl sites for hydroxylation is 3. The summed E-state index contributed by atoms with van der Waals surface area (Å²) in [6.07, 6.45) is 7.71. The SMILES string of the molecule is CCNC(Cc1nc(C)cs1)c1cc2c(s1)CCCCC2. The van der Waals surface area contributed by atoms with Crippen molar-refractivity contribution in [1.29, 1.82) is 0 Å². The molecule has 114 valence electrons. The molecule has 1 aliphatic rings. The third-order valence-electron chi connectivity index (χ3n) is 4.10. The quantitative estimate of drug-likeness (QED) is 0.809. The first kappa shape index (κ1) is 15.2. The zero-order valence-electron chi connectivity index (χ0n) is 12.9. The number of likely N-dealkylation sites (N-methyl/N-ethyl adjacent to an activating group) is 1. The van der Waals surface area contributed by atoms with Gasteiger partial charge in [-0.25, -0.2) is 4.98 Å². The predicted octanol–water partition coefficient (Wildman–Crippen LogP) is 4.68. The number of rotatable bonds is 5.